The fourth-order valence-corrected chi connectivity index (χ4v) is 16.5. The molecule has 0 spiro atoms. The number of benzene rings is 4. The molecule has 149 heavy (non-hydrogen) atoms. The lowest BCUT2D eigenvalue weighted by molar-refractivity contribution is -0.132. The van der Waals surface area contributed by atoms with Gasteiger partial charge in [-0.3, -0.25) is 47.7 Å². The van der Waals surface area contributed by atoms with Crippen molar-refractivity contribution >= 4 is 93.5 Å². The molecule has 8 unspecified atom stereocenters. The van der Waals surface area contributed by atoms with Gasteiger partial charge >= 0.3 is 12.2 Å². The van der Waals surface area contributed by atoms with E-state index in [9.17, 15) is 73.2 Å². The van der Waals surface area contributed by atoms with Crippen LogP contribution in [0.15, 0.2) is 145 Å². The predicted octanol–water partition coefficient (Wildman–Crippen LogP) is 10.2. The third-order valence-corrected chi connectivity index (χ3v) is 24.7. The number of fused-ring (bicyclic) bond motifs is 4. The van der Waals surface area contributed by atoms with Gasteiger partial charge in [0.05, 0.1) is 194 Å². The van der Waals surface area contributed by atoms with E-state index in [1.165, 1.54) is 65.8 Å². The monoisotopic (exact) mass is 2080 g/mol. The second-order valence-corrected chi connectivity index (χ2v) is 36.7. The molecule has 5 aliphatic rings. The van der Waals surface area contributed by atoms with Gasteiger partial charge in [0, 0.05) is 99.3 Å². The zero-order chi connectivity index (χ0) is 107. The summed E-state index contributed by atoms with van der Waals surface area (Å²) < 4.78 is 91.9. The summed E-state index contributed by atoms with van der Waals surface area (Å²) in [6, 6.07) is 15.7. The summed E-state index contributed by atoms with van der Waals surface area (Å²) in [6.45, 7) is 20.2. The van der Waals surface area contributed by atoms with Crippen molar-refractivity contribution in [2.24, 2.45) is 17.8 Å². The molecule has 0 fully saturated rings. The number of aromatic hydroxyl groups is 2. The molecule has 814 valence electrons. The molecule has 10 N–H and O–H groups in total. The van der Waals surface area contributed by atoms with Crippen molar-refractivity contribution < 1.29 is 149 Å². The lowest BCUT2D eigenvalue weighted by Gasteiger charge is -2.31. The van der Waals surface area contributed by atoms with E-state index in [0.717, 1.165) is 26.5 Å². The van der Waals surface area contributed by atoms with Gasteiger partial charge < -0.3 is 138 Å². The van der Waals surface area contributed by atoms with Crippen LogP contribution in [0.5, 0.6) is 34.8 Å². The molecular formula is C107H145N11O31. The minimum Gasteiger partial charge on any atom is -0.494 e. The summed E-state index contributed by atoms with van der Waals surface area (Å²) in [4.78, 5) is 154. The molecule has 0 saturated carbocycles. The Hall–Kier alpha value is -13.1. The van der Waals surface area contributed by atoms with Crippen LogP contribution >= 0.6 is 0 Å². The van der Waals surface area contributed by atoms with Gasteiger partial charge in [-0.05, 0) is 124 Å². The van der Waals surface area contributed by atoms with Crippen LogP contribution < -0.4 is 60.6 Å². The number of carbonyl (C=O) groups excluding carboxylic acids is 11. The molecule has 0 saturated heterocycles. The highest BCUT2D eigenvalue weighted by Crippen LogP contribution is 2.45. The highest BCUT2D eigenvalue weighted by Gasteiger charge is 2.48. The van der Waals surface area contributed by atoms with Gasteiger partial charge in [0.15, 0.2) is 47.1 Å². The molecule has 10 rings (SSSR count). The number of unbranched alkanes of at least 4 members (excludes halogenated alkanes) is 2. The SMILES string of the molecule is COCCOCCC(=O)NC(C(=O)CCC(C)C(=O)Nc1ccc(COC(=O)N2c3cc(OCCCCCOc4cc5c(cc4OC)C(=O)N4C=C(C)CC4C(O)N5C(=O)OCc4ccc(NC(=O)C(C)NC(=O)C(NC(=O)CCOCCOCCOCCOCCOCCOCCOCCOCCNC(=O)CCn5c(O)cc(C6=C/C=C\C=C/C=C\6)c5O)C(C)C)cc4)c(OC)cc3C(=O)N3C=C(C)CC3C2O)cc1)C(C)C. The lowest BCUT2D eigenvalue weighted by Crippen LogP contribution is -2.53. The number of hydrogen-bond donors (Lipinski definition) is 10. The fourth-order valence-electron chi connectivity index (χ4n) is 16.5. The maximum atomic E-state index is 14.5. The summed E-state index contributed by atoms with van der Waals surface area (Å²) in [6.07, 6.45) is 13.3. The van der Waals surface area contributed by atoms with Crippen LogP contribution in [-0.2, 0) is 110 Å². The number of anilines is 4. The molecule has 5 aromatic rings. The van der Waals surface area contributed by atoms with Crippen molar-refractivity contribution in [3.05, 3.63) is 173 Å². The summed E-state index contributed by atoms with van der Waals surface area (Å²) in [5.74, 6) is -4.38. The molecule has 1 aromatic heterocycles. The van der Waals surface area contributed by atoms with Gasteiger partial charge in [-0.2, -0.15) is 0 Å². The number of aliphatic hydroxyl groups is 2. The number of amides is 10. The first-order valence-electron chi connectivity index (χ1n) is 50.4. The summed E-state index contributed by atoms with van der Waals surface area (Å²) in [7, 11) is 4.36. The van der Waals surface area contributed by atoms with Crippen LogP contribution in [0.1, 0.15) is 157 Å². The van der Waals surface area contributed by atoms with Crippen LogP contribution in [0.25, 0.3) is 5.57 Å². The average Bonchev–Trinajstić information content (AvgIpc) is 1.61. The maximum absolute atomic E-state index is 14.5. The van der Waals surface area contributed by atoms with Gasteiger partial charge in [0.25, 0.3) is 11.8 Å². The number of Topliss-reactive ketones (excluding diaryl/α,β-unsaturated/α-hetero) is 1. The standard InChI is InChI=1S/C107H145N11O31/c1-69(2)96(112-93(121)33-39-137-43-42-134-9)87(119)31-22-73(7)98(124)110-78-27-23-75(24-28-78)67-148-106(132)117-83-63-90(88(135-10)60-81(83)102(128)115-65-71(5)58-85(115)104(117)130)146-37-18-15-19-38-147-91-64-84-82(61-89(91)136-11)103(129)116-66-72(6)59-86(116)105(131)118(84)107(133)149-68-76-25-29-79(30-26-76)111-99(125)74(8)109-100(126)97(70(3)4)113-94(122)34-40-138-44-46-140-48-50-142-52-54-144-56-57-145-55-53-143-51-49-141-47-45-139-41-35-108-92(120)32-36-114-95(123)62-80(101(114)127)77-20-16-13-12-14-17-21-77/h12-14,16-17,20-21,23-30,60-66,69-70,73-74,85-86,96-97,104-105,123,127,130-131H,15,18-19,22,31-59,67-68H2,1-11H3,(H,108,120)(H,109,126)(H,110,124)(H,111,125)(H,112,121)(H,113,122)/b13-12-,14-12?,16-13?,17-14-,20-16-,21-17?,77-20?,77-21+. The molecule has 0 bridgehead atoms. The first-order valence-corrected chi connectivity index (χ1v) is 50.4. The van der Waals surface area contributed by atoms with E-state index < -0.39 is 90.3 Å². The number of nitrogens with one attached hydrogen (secondary N) is 6. The number of aromatic nitrogens is 1. The first-order chi connectivity index (χ1) is 71.9. The third kappa shape index (κ3) is 36.4. The van der Waals surface area contributed by atoms with Gasteiger partial charge in [-0.15, -0.1) is 0 Å². The number of aliphatic hydroxyl groups excluding tert-OH is 2. The van der Waals surface area contributed by atoms with Crippen molar-refractivity contribution in [3.8, 4) is 34.8 Å². The van der Waals surface area contributed by atoms with Crippen LogP contribution in [0.3, 0.4) is 0 Å². The van der Waals surface area contributed by atoms with Crippen LogP contribution in [0, 0.1) is 17.8 Å². The van der Waals surface area contributed by atoms with E-state index >= 15 is 0 Å². The Morgan fingerprint density at radius 1 is 0.436 bits per heavy atom. The van der Waals surface area contributed by atoms with Crippen molar-refractivity contribution in [1.82, 2.24) is 35.6 Å². The van der Waals surface area contributed by atoms with Gasteiger partial charge in [-0.25, -0.2) is 19.4 Å². The minimum atomic E-state index is -1.60. The van der Waals surface area contributed by atoms with Crippen molar-refractivity contribution in [3.63, 3.8) is 0 Å². The number of methoxy groups -OCH3 is 3. The molecule has 42 heteroatoms. The normalized spacial score (nSPS) is 17.4. The molecule has 42 nitrogen and oxygen atoms in total. The first kappa shape index (κ1) is 118. The molecular weight excluding hydrogens is 1940 g/mol. The molecule has 8 atom stereocenters. The fraction of sp³-hybridized carbons (Fsp3) is 0.523. The van der Waals surface area contributed by atoms with E-state index in [-0.39, 0.29) is 197 Å². The van der Waals surface area contributed by atoms with Gasteiger partial charge in [0.1, 0.15) is 25.3 Å². The van der Waals surface area contributed by atoms with Crippen LogP contribution in [0.4, 0.5) is 32.3 Å². The zero-order valence-corrected chi connectivity index (χ0v) is 86.8. The number of ketones is 1. The Kier molecular flexibility index (Phi) is 48.8. The highest BCUT2D eigenvalue weighted by atomic mass is 16.6. The zero-order valence-electron chi connectivity index (χ0n) is 86.8. The van der Waals surface area contributed by atoms with Crippen LogP contribution in [0.2, 0.25) is 0 Å². The second kappa shape index (κ2) is 61.7. The molecule has 5 heterocycles. The van der Waals surface area contributed by atoms with E-state index in [4.69, 9.17) is 75.8 Å². The maximum Gasteiger partial charge on any atom is 0.416 e. The Morgan fingerprint density at radius 2 is 0.866 bits per heavy atom. The Labute approximate surface area is 868 Å². The smallest absolute Gasteiger partial charge is 0.416 e. The Morgan fingerprint density at radius 3 is 1.32 bits per heavy atom. The summed E-state index contributed by atoms with van der Waals surface area (Å²) in [5, 5.41) is 62.0. The quantitative estimate of drug-likeness (QED) is 0.0162. The summed E-state index contributed by atoms with van der Waals surface area (Å²) >= 11 is 0. The predicted molar refractivity (Wildman–Crippen MR) is 549 cm³/mol. The minimum absolute atomic E-state index is 0.00757. The van der Waals surface area contributed by atoms with Crippen molar-refractivity contribution in [1.29, 1.82) is 0 Å². The second-order valence-electron chi connectivity index (χ2n) is 36.7. The summed E-state index contributed by atoms with van der Waals surface area (Å²) in [5.41, 5.74) is 4.62. The van der Waals surface area contributed by atoms with E-state index in [1.54, 1.807) is 95.7 Å². The van der Waals surface area contributed by atoms with Gasteiger partial charge in [-0.1, -0.05) is 113 Å². The highest BCUT2D eigenvalue weighted by molar-refractivity contribution is 6.08. The van der Waals surface area contributed by atoms with E-state index in [0.29, 0.717) is 153 Å². The molecule has 10 amide bonds. The number of nitrogens with zero attached hydrogens (tertiary/aromatic N) is 5. The largest absolute Gasteiger partial charge is 0.494 e. The molecule has 0 radical (unpaired) electrons. The van der Waals surface area contributed by atoms with E-state index in [2.05, 4.69) is 31.9 Å². The Balaban J connectivity index is 0.583. The number of hydrogen-bond acceptors (Lipinski definition) is 31. The number of ether oxygens (including phenoxy) is 16. The van der Waals surface area contributed by atoms with Crippen LogP contribution in [-0.4, -0.2) is 309 Å². The Bertz CT molecular complexity index is 5450. The molecule has 4 aromatic carbocycles. The van der Waals surface area contributed by atoms with E-state index in [1.807, 2.05) is 63.3 Å². The lowest BCUT2D eigenvalue weighted by atomic mass is 9.93. The molecule has 1 aliphatic carbocycles. The molecule has 4 aliphatic heterocycles. The topological polar surface area (TPSA) is 506 Å². The van der Waals surface area contributed by atoms with Crippen molar-refractivity contribution in [2.45, 2.75) is 182 Å². The number of carbonyl (C=O) groups is 11. The average molecular weight is 2080 g/mol. The van der Waals surface area contributed by atoms with Crippen molar-refractivity contribution in [2.75, 3.05) is 187 Å². The van der Waals surface area contributed by atoms with Gasteiger partial charge in [0.2, 0.25) is 41.3 Å². The number of rotatable bonds is 65. The third-order valence-electron chi connectivity index (χ3n) is 24.7. The number of allylic oxidation sites excluding steroid dienone is 8.